The van der Waals surface area contributed by atoms with Gasteiger partial charge >= 0.3 is 5.97 Å². The second-order valence-corrected chi connectivity index (χ2v) is 22.4. The predicted octanol–water partition coefficient (Wildman–Crippen LogP) is 20.6. The van der Waals surface area contributed by atoms with Gasteiger partial charge < -0.3 is 20.3 Å². The van der Waals surface area contributed by atoms with Gasteiger partial charge in [0.15, 0.2) is 0 Å². The highest BCUT2D eigenvalue weighted by Crippen LogP contribution is 2.18. The Morgan fingerprint density at radius 2 is 0.653 bits per heavy atom. The molecule has 2 unspecified atom stereocenters. The molecule has 0 aliphatic heterocycles. The number of ether oxygens (including phenoxy) is 1. The molecule has 0 heterocycles. The topological polar surface area (TPSA) is 95.9 Å². The SMILES string of the molecule is CCCCCCCC/C=C\CCCCCCCCCC(=O)OCCCCCCCCCCCCCC/C=C\CCCCCCCCCCCCC(=O)NC(CO)C(O)CCCCCCCCCCCCCC. The molecule has 0 fully saturated rings. The Bertz CT molecular complexity index is 1120. The first kappa shape index (κ1) is 70.3. The monoisotopic (exact) mass is 1010 g/mol. The number of amides is 1. The molecule has 3 N–H and O–H groups in total. The Hall–Kier alpha value is -1.66. The molecule has 0 aromatic rings. The van der Waals surface area contributed by atoms with Crippen LogP contribution in [0, 0.1) is 0 Å². The van der Waals surface area contributed by atoms with Gasteiger partial charge in [-0.05, 0) is 77.0 Å². The number of esters is 1. The second-order valence-electron chi connectivity index (χ2n) is 22.4. The zero-order chi connectivity index (χ0) is 52.2. The Kier molecular flexibility index (Phi) is 60.5. The highest BCUT2D eigenvalue weighted by atomic mass is 16.5. The first-order chi connectivity index (χ1) is 35.5. The van der Waals surface area contributed by atoms with E-state index >= 15 is 0 Å². The van der Waals surface area contributed by atoms with Crippen LogP contribution >= 0.6 is 0 Å². The van der Waals surface area contributed by atoms with Crippen molar-refractivity contribution in [1.82, 2.24) is 5.32 Å². The van der Waals surface area contributed by atoms with Crippen molar-refractivity contribution in [2.24, 2.45) is 0 Å². The smallest absolute Gasteiger partial charge is 0.305 e. The lowest BCUT2D eigenvalue weighted by atomic mass is 10.0. The Balaban J connectivity index is 3.36. The summed E-state index contributed by atoms with van der Waals surface area (Å²) in [7, 11) is 0. The van der Waals surface area contributed by atoms with E-state index < -0.39 is 12.1 Å². The van der Waals surface area contributed by atoms with Crippen LogP contribution in [0.2, 0.25) is 0 Å². The summed E-state index contributed by atoms with van der Waals surface area (Å²) < 4.78 is 5.50. The number of carbonyl (C=O) groups is 2. The van der Waals surface area contributed by atoms with Gasteiger partial charge in [-0.2, -0.15) is 0 Å². The maximum atomic E-state index is 12.5. The molecule has 1 amide bonds. The van der Waals surface area contributed by atoms with Crippen molar-refractivity contribution in [3.8, 4) is 0 Å². The summed E-state index contributed by atoms with van der Waals surface area (Å²) >= 11 is 0. The van der Waals surface area contributed by atoms with E-state index in [2.05, 4.69) is 43.5 Å². The van der Waals surface area contributed by atoms with Crippen LogP contribution in [0.1, 0.15) is 361 Å². The molecule has 72 heavy (non-hydrogen) atoms. The fourth-order valence-corrected chi connectivity index (χ4v) is 10.2. The molecule has 0 saturated carbocycles. The van der Waals surface area contributed by atoms with E-state index in [1.54, 1.807) is 0 Å². The highest BCUT2D eigenvalue weighted by Gasteiger charge is 2.20. The van der Waals surface area contributed by atoms with Gasteiger partial charge in [0, 0.05) is 12.8 Å². The molecule has 426 valence electrons. The maximum absolute atomic E-state index is 12.5. The summed E-state index contributed by atoms with van der Waals surface area (Å²) in [4.78, 5) is 24.5. The Labute approximate surface area is 450 Å². The molecule has 0 rings (SSSR count). The summed E-state index contributed by atoms with van der Waals surface area (Å²) in [5.41, 5.74) is 0. The number of aliphatic hydroxyl groups is 2. The number of unbranched alkanes of at least 4 members (excludes halogenated alkanes) is 46. The average molecular weight is 1010 g/mol. The minimum Gasteiger partial charge on any atom is -0.466 e. The molecular formula is C66H127NO5. The first-order valence-corrected chi connectivity index (χ1v) is 32.6. The molecule has 0 aromatic carbocycles. The van der Waals surface area contributed by atoms with E-state index in [4.69, 9.17) is 4.74 Å². The van der Waals surface area contributed by atoms with Crippen LogP contribution < -0.4 is 5.32 Å². The van der Waals surface area contributed by atoms with Crippen LogP contribution in [0.15, 0.2) is 24.3 Å². The summed E-state index contributed by atoms with van der Waals surface area (Å²) in [6.45, 7) is 4.96. The molecule has 0 aliphatic carbocycles. The van der Waals surface area contributed by atoms with E-state index in [1.807, 2.05) is 0 Å². The van der Waals surface area contributed by atoms with Crippen molar-refractivity contribution in [1.29, 1.82) is 0 Å². The zero-order valence-corrected chi connectivity index (χ0v) is 48.7. The minimum atomic E-state index is -0.664. The van der Waals surface area contributed by atoms with Crippen molar-refractivity contribution in [3.63, 3.8) is 0 Å². The number of rotatable bonds is 61. The number of allylic oxidation sites excluding steroid dienone is 4. The number of hydrogen-bond donors (Lipinski definition) is 3. The first-order valence-electron chi connectivity index (χ1n) is 32.6. The number of nitrogens with one attached hydrogen (secondary N) is 1. The lowest BCUT2D eigenvalue weighted by Gasteiger charge is -2.22. The number of aliphatic hydroxyl groups excluding tert-OH is 2. The van der Waals surface area contributed by atoms with Crippen LogP contribution in [0.4, 0.5) is 0 Å². The fraction of sp³-hybridized carbons (Fsp3) is 0.909. The largest absolute Gasteiger partial charge is 0.466 e. The summed E-state index contributed by atoms with van der Waals surface area (Å²) in [5.74, 6) is -0.0246. The maximum Gasteiger partial charge on any atom is 0.305 e. The van der Waals surface area contributed by atoms with Gasteiger partial charge in [-0.15, -0.1) is 0 Å². The average Bonchev–Trinajstić information content (AvgIpc) is 3.38. The fourth-order valence-electron chi connectivity index (χ4n) is 10.2. The van der Waals surface area contributed by atoms with Gasteiger partial charge in [-0.3, -0.25) is 9.59 Å². The molecule has 0 bridgehead atoms. The normalized spacial score (nSPS) is 12.7. The molecule has 0 saturated heterocycles. The molecule has 0 radical (unpaired) electrons. The van der Waals surface area contributed by atoms with Gasteiger partial charge in [-0.1, -0.05) is 295 Å². The Morgan fingerprint density at radius 3 is 0.986 bits per heavy atom. The molecule has 2 atom stereocenters. The third-order valence-electron chi connectivity index (χ3n) is 15.2. The van der Waals surface area contributed by atoms with E-state index in [1.165, 1.54) is 283 Å². The third kappa shape index (κ3) is 57.6. The van der Waals surface area contributed by atoms with Crippen LogP contribution in [0.3, 0.4) is 0 Å². The van der Waals surface area contributed by atoms with Gasteiger partial charge in [0.2, 0.25) is 5.91 Å². The Morgan fingerprint density at radius 1 is 0.375 bits per heavy atom. The van der Waals surface area contributed by atoms with E-state index in [-0.39, 0.29) is 18.5 Å². The van der Waals surface area contributed by atoms with E-state index in [0.29, 0.717) is 25.9 Å². The molecule has 0 spiro atoms. The quantitative estimate of drug-likeness (QED) is 0.0320. The summed E-state index contributed by atoms with van der Waals surface area (Å²) in [5, 5.41) is 23.2. The lowest BCUT2D eigenvalue weighted by Crippen LogP contribution is -2.45. The van der Waals surface area contributed by atoms with Crippen molar-refractivity contribution in [3.05, 3.63) is 24.3 Å². The molecular weight excluding hydrogens is 887 g/mol. The second kappa shape index (κ2) is 61.9. The molecule has 6 nitrogen and oxygen atoms in total. The lowest BCUT2D eigenvalue weighted by molar-refractivity contribution is -0.143. The van der Waals surface area contributed by atoms with Crippen molar-refractivity contribution >= 4 is 11.9 Å². The zero-order valence-electron chi connectivity index (χ0n) is 48.7. The third-order valence-corrected chi connectivity index (χ3v) is 15.2. The van der Waals surface area contributed by atoms with Crippen LogP contribution in [0.25, 0.3) is 0 Å². The summed E-state index contributed by atoms with van der Waals surface area (Å²) in [6, 6.07) is -0.541. The predicted molar refractivity (Wildman–Crippen MR) is 315 cm³/mol. The van der Waals surface area contributed by atoms with Crippen LogP contribution in [0.5, 0.6) is 0 Å². The van der Waals surface area contributed by atoms with Crippen molar-refractivity contribution in [2.75, 3.05) is 13.2 Å². The van der Waals surface area contributed by atoms with Gasteiger partial charge in [0.1, 0.15) is 0 Å². The standard InChI is InChI=1S/C66H127NO5/c1-3-5-7-9-11-13-15-17-18-29-33-36-40-44-48-52-56-60-66(71)72-61-57-53-49-45-41-37-34-31-28-26-24-22-20-19-21-23-25-27-30-32-35-39-43-47-51-55-59-65(70)67-63(62-68)64(69)58-54-50-46-42-38-16-14-12-10-8-6-4-2/h17-19,21,63-64,68-69H,3-16,20,22-62H2,1-2H3,(H,67,70)/b18-17-,21-19-. The van der Waals surface area contributed by atoms with Crippen LogP contribution in [-0.2, 0) is 14.3 Å². The number of carbonyl (C=O) groups excluding carboxylic acids is 2. The minimum absolute atomic E-state index is 0.0114. The van der Waals surface area contributed by atoms with Crippen LogP contribution in [-0.4, -0.2) is 47.4 Å². The number of hydrogen-bond acceptors (Lipinski definition) is 5. The molecule has 6 heteroatoms. The van der Waals surface area contributed by atoms with Crippen molar-refractivity contribution in [2.45, 2.75) is 373 Å². The molecule has 0 aromatic heterocycles. The summed E-state index contributed by atoms with van der Waals surface area (Å²) in [6.07, 6.45) is 76.3. The van der Waals surface area contributed by atoms with Crippen molar-refractivity contribution < 1.29 is 24.5 Å². The van der Waals surface area contributed by atoms with E-state index in [0.717, 1.165) is 44.9 Å². The van der Waals surface area contributed by atoms with Gasteiger partial charge in [0.05, 0.1) is 25.4 Å². The molecule has 0 aliphatic rings. The van der Waals surface area contributed by atoms with E-state index in [9.17, 15) is 19.8 Å². The van der Waals surface area contributed by atoms with Gasteiger partial charge in [0.25, 0.3) is 0 Å². The highest BCUT2D eigenvalue weighted by molar-refractivity contribution is 5.76. The van der Waals surface area contributed by atoms with Gasteiger partial charge in [-0.25, -0.2) is 0 Å².